The number of amides is 1. The van der Waals surface area contributed by atoms with Crippen LogP contribution in [0.4, 0.5) is 13.2 Å². The van der Waals surface area contributed by atoms with Gasteiger partial charge in [-0.05, 0) is 25.1 Å². The van der Waals surface area contributed by atoms with Gasteiger partial charge in [-0.2, -0.15) is 23.5 Å². The standard InChI is InChI=1S/C18H12ClF3N6O3S/c1-10(15-16(25-3-2-24-15)28-9-11(7-23)8-26-28)27-17(29)12-4-13(19)6-14(5-12)32(30,31)18(20,21)22/h2-6,8-10H,1H3,(H,27,29). The molecule has 0 aliphatic heterocycles. The zero-order valence-corrected chi connectivity index (χ0v) is 17.6. The van der Waals surface area contributed by atoms with Crippen molar-refractivity contribution in [2.24, 2.45) is 0 Å². The van der Waals surface area contributed by atoms with Crippen LogP contribution in [0.2, 0.25) is 5.02 Å². The average molecular weight is 485 g/mol. The number of nitriles is 1. The van der Waals surface area contributed by atoms with Crippen molar-refractivity contribution in [2.45, 2.75) is 23.4 Å². The van der Waals surface area contributed by atoms with E-state index in [0.29, 0.717) is 12.1 Å². The minimum absolute atomic E-state index is 0.202. The van der Waals surface area contributed by atoms with Crippen LogP contribution in [0.15, 0.2) is 47.9 Å². The number of aromatic nitrogens is 4. The molecule has 0 bridgehead atoms. The van der Waals surface area contributed by atoms with Crippen LogP contribution in [0.1, 0.15) is 34.6 Å². The molecule has 2 heterocycles. The quantitative estimate of drug-likeness (QED) is 0.589. The van der Waals surface area contributed by atoms with E-state index in [-0.39, 0.29) is 22.1 Å². The van der Waals surface area contributed by atoms with E-state index in [1.54, 1.807) is 0 Å². The number of rotatable bonds is 5. The molecule has 1 atom stereocenters. The van der Waals surface area contributed by atoms with Gasteiger partial charge >= 0.3 is 5.51 Å². The predicted octanol–water partition coefficient (Wildman–Crippen LogP) is 2.97. The normalized spacial score (nSPS) is 12.8. The Labute approximate surface area is 184 Å². The molecule has 1 amide bonds. The molecule has 166 valence electrons. The Hall–Kier alpha value is -3.50. The van der Waals surface area contributed by atoms with E-state index in [1.165, 1.54) is 36.4 Å². The van der Waals surface area contributed by atoms with Gasteiger partial charge in [0, 0.05) is 23.0 Å². The Bertz CT molecular complexity index is 1330. The predicted molar refractivity (Wildman–Crippen MR) is 104 cm³/mol. The van der Waals surface area contributed by atoms with E-state index in [9.17, 15) is 26.4 Å². The summed E-state index contributed by atoms with van der Waals surface area (Å²) in [6, 6.07) is 3.30. The molecule has 14 heteroatoms. The highest BCUT2D eigenvalue weighted by Crippen LogP contribution is 2.32. The van der Waals surface area contributed by atoms with Crippen molar-refractivity contribution in [3.63, 3.8) is 0 Å². The largest absolute Gasteiger partial charge is 0.501 e. The Morgan fingerprint density at radius 3 is 2.56 bits per heavy atom. The van der Waals surface area contributed by atoms with Crippen LogP contribution >= 0.6 is 11.6 Å². The van der Waals surface area contributed by atoms with Gasteiger partial charge in [0.1, 0.15) is 11.8 Å². The third-order valence-electron chi connectivity index (χ3n) is 4.14. The number of hydrogen-bond donors (Lipinski definition) is 1. The van der Waals surface area contributed by atoms with Crippen LogP contribution in [0.3, 0.4) is 0 Å². The first-order chi connectivity index (χ1) is 14.9. The first-order valence-corrected chi connectivity index (χ1v) is 10.5. The lowest BCUT2D eigenvalue weighted by Gasteiger charge is -2.16. The highest BCUT2D eigenvalue weighted by Gasteiger charge is 2.47. The second kappa shape index (κ2) is 8.56. The summed E-state index contributed by atoms with van der Waals surface area (Å²) in [4.78, 5) is 19.8. The molecule has 1 aromatic carbocycles. The molecule has 1 N–H and O–H groups in total. The van der Waals surface area contributed by atoms with Gasteiger partial charge in [0.05, 0.1) is 28.9 Å². The number of sulfone groups is 1. The van der Waals surface area contributed by atoms with Crippen molar-refractivity contribution in [1.29, 1.82) is 5.26 Å². The van der Waals surface area contributed by atoms with Gasteiger partial charge in [-0.1, -0.05) is 11.6 Å². The smallest absolute Gasteiger partial charge is 0.344 e. The molecule has 2 aromatic heterocycles. The van der Waals surface area contributed by atoms with Crippen LogP contribution in [0.25, 0.3) is 5.82 Å². The van der Waals surface area contributed by atoms with Crippen molar-refractivity contribution in [2.75, 3.05) is 0 Å². The molecule has 0 saturated heterocycles. The lowest BCUT2D eigenvalue weighted by atomic mass is 10.1. The molecule has 32 heavy (non-hydrogen) atoms. The third-order valence-corrected chi connectivity index (χ3v) is 5.83. The molecule has 0 fully saturated rings. The highest BCUT2D eigenvalue weighted by atomic mass is 35.5. The highest BCUT2D eigenvalue weighted by molar-refractivity contribution is 7.92. The summed E-state index contributed by atoms with van der Waals surface area (Å²) in [7, 11) is -5.70. The van der Waals surface area contributed by atoms with Crippen molar-refractivity contribution in [1.82, 2.24) is 25.1 Å². The zero-order valence-electron chi connectivity index (χ0n) is 16.0. The second-order valence-electron chi connectivity index (χ2n) is 6.37. The molecule has 3 rings (SSSR count). The van der Waals surface area contributed by atoms with Crippen LogP contribution in [-0.2, 0) is 9.84 Å². The lowest BCUT2D eigenvalue weighted by molar-refractivity contribution is -0.0436. The molecule has 0 aliphatic carbocycles. The number of benzene rings is 1. The minimum Gasteiger partial charge on any atom is -0.344 e. The third kappa shape index (κ3) is 4.56. The number of alkyl halides is 3. The summed E-state index contributed by atoms with van der Waals surface area (Å²) < 4.78 is 63.3. The summed E-state index contributed by atoms with van der Waals surface area (Å²) >= 11 is 5.75. The van der Waals surface area contributed by atoms with Gasteiger partial charge in [-0.25, -0.2) is 18.1 Å². The summed E-state index contributed by atoms with van der Waals surface area (Å²) in [5.41, 5.74) is -5.46. The molecular formula is C18H12ClF3N6O3S. The fraction of sp³-hybridized carbons (Fsp3) is 0.167. The fourth-order valence-corrected chi connectivity index (χ4v) is 3.78. The molecule has 1 unspecified atom stereocenters. The van der Waals surface area contributed by atoms with Gasteiger partial charge in [0.2, 0.25) is 0 Å². The maximum absolute atomic E-state index is 12.9. The van der Waals surface area contributed by atoms with E-state index in [4.69, 9.17) is 16.9 Å². The topological polar surface area (TPSA) is 131 Å². The molecule has 3 aromatic rings. The van der Waals surface area contributed by atoms with Crippen LogP contribution < -0.4 is 5.32 Å². The Morgan fingerprint density at radius 2 is 1.94 bits per heavy atom. The Balaban J connectivity index is 1.92. The van der Waals surface area contributed by atoms with Gasteiger partial charge in [-0.15, -0.1) is 0 Å². The molecular weight excluding hydrogens is 473 g/mol. The van der Waals surface area contributed by atoms with E-state index in [0.717, 1.165) is 6.07 Å². The van der Waals surface area contributed by atoms with Crippen LogP contribution in [-0.4, -0.2) is 39.6 Å². The first-order valence-electron chi connectivity index (χ1n) is 8.63. The van der Waals surface area contributed by atoms with Gasteiger partial charge < -0.3 is 5.32 Å². The van der Waals surface area contributed by atoms with Crippen LogP contribution in [0.5, 0.6) is 0 Å². The van der Waals surface area contributed by atoms with Crippen molar-refractivity contribution in [3.05, 3.63) is 64.8 Å². The van der Waals surface area contributed by atoms with E-state index in [1.807, 2.05) is 6.07 Å². The van der Waals surface area contributed by atoms with Gasteiger partial charge in [0.25, 0.3) is 15.7 Å². The summed E-state index contributed by atoms with van der Waals surface area (Å²) in [6.45, 7) is 1.53. The summed E-state index contributed by atoms with van der Waals surface area (Å²) in [5, 5.41) is 15.1. The molecule has 0 radical (unpaired) electrons. The zero-order chi connectivity index (χ0) is 23.7. The molecule has 0 aliphatic rings. The average Bonchev–Trinajstić information content (AvgIpc) is 3.21. The number of hydrogen-bond acceptors (Lipinski definition) is 7. The number of halogens is 4. The van der Waals surface area contributed by atoms with Gasteiger partial charge in [-0.3, -0.25) is 9.78 Å². The lowest BCUT2D eigenvalue weighted by Crippen LogP contribution is -2.29. The number of nitrogens with one attached hydrogen (secondary N) is 1. The Kier molecular flexibility index (Phi) is 6.20. The van der Waals surface area contributed by atoms with Gasteiger partial charge in [0.15, 0.2) is 5.82 Å². The second-order valence-corrected chi connectivity index (χ2v) is 8.75. The fourth-order valence-electron chi connectivity index (χ4n) is 2.65. The molecule has 0 spiro atoms. The first kappa shape index (κ1) is 23.2. The number of nitrogens with zero attached hydrogens (tertiary/aromatic N) is 5. The maximum Gasteiger partial charge on any atom is 0.501 e. The van der Waals surface area contributed by atoms with Crippen LogP contribution in [0, 0.1) is 11.3 Å². The Morgan fingerprint density at radius 1 is 1.25 bits per heavy atom. The summed E-state index contributed by atoms with van der Waals surface area (Å²) in [5.74, 6) is -0.693. The van der Waals surface area contributed by atoms with E-state index in [2.05, 4.69) is 20.4 Å². The van der Waals surface area contributed by atoms with Crippen molar-refractivity contribution in [3.8, 4) is 11.9 Å². The number of carbonyl (C=O) groups excluding carboxylic acids is 1. The molecule has 0 saturated carbocycles. The minimum atomic E-state index is -5.70. The van der Waals surface area contributed by atoms with Crippen molar-refractivity contribution >= 4 is 27.3 Å². The van der Waals surface area contributed by atoms with E-state index < -0.39 is 37.8 Å². The summed E-state index contributed by atoms with van der Waals surface area (Å²) in [6.07, 6.45) is 5.42. The maximum atomic E-state index is 12.9. The monoisotopic (exact) mass is 484 g/mol. The van der Waals surface area contributed by atoms with E-state index >= 15 is 0 Å². The molecule has 9 nitrogen and oxygen atoms in total. The SMILES string of the molecule is CC(NC(=O)c1cc(Cl)cc(S(=O)(=O)C(F)(F)F)c1)c1nccnc1-n1cc(C#N)cn1. The number of carbonyl (C=O) groups is 1. The van der Waals surface area contributed by atoms with Crippen molar-refractivity contribution < 1.29 is 26.4 Å².